The summed E-state index contributed by atoms with van der Waals surface area (Å²) >= 11 is 0. The summed E-state index contributed by atoms with van der Waals surface area (Å²) in [7, 11) is 0. The van der Waals surface area contributed by atoms with E-state index in [1.807, 2.05) is 0 Å². The van der Waals surface area contributed by atoms with E-state index in [0.29, 0.717) is 6.42 Å². The Kier molecular flexibility index (Phi) is 4.85. The maximum absolute atomic E-state index is 12.1. The van der Waals surface area contributed by atoms with Gasteiger partial charge in [0.1, 0.15) is 11.5 Å². The Labute approximate surface area is 111 Å². The van der Waals surface area contributed by atoms with Gasteiger partial charge in [-0.3, -0.25) is 4.79 Å². The zero-order chi connectivity index (χ0) is 13.7. The van der Waals surface area contributed by atoms with Gasteiger partial charge in [0, 0.05) is 12.3 Å². The summed E-state index contributed by atoms with van der Waals surface area (Å²) in [6, 6.07) is 6.27. The van der Waals surface area contributed by atoms with E-state index in [1.54, 1.807) is 12.1 Å². The number of hydrogen-bond acceptors (Lipinski definition) is 3. The number of Topliss-reactive ketones (excluding diaryl/α,β-unsaturated/α-hetero) is 1. The second kappa shape index (κ2) is 6.61. The number of nitrogens with one attached hydrogen (secondary N) is 1. The van der Waals surface area contributed by atoms with Crippen molar-refractivity contribution in [2.24, 2.45) is 5.92 Å². The van der Waals surface area contributed by atoms with Gasteiger partial charge in [0.2, 0.25) is 0 Å². The molecule has 1 fully saturated rings. The normalized spacial score (nSPS) is 16.6. The first-order valence-corrected chi connectivity index (χ1v) is 6.42. The van der Waals surface area contributed by atoms with E-state index in [9.17, 15) is 13.6 Å². The van der Waals surface area contributed by atoms with Crippen LogP contribution in [0.5, 0.6) is 5.75 Å². The van der Waals surface area contributed by atoms with Gasteiger partial charge in [0.25, 0.3) is 0 Å². The van der Waals surface area contributed by atoms with Crippen LogP contribution in [0.25, 0.3) is 0 Å². The molecule has 0 aliphatic carbocycles. The predicted molar refractivity (Wildman–Crippen MR) is 67.4 cm³/mol. The Morgan fingerprint density at radius 1 is 1.26 bits per heavy atom. The van der Waals surface area contributed by atoms with E-state index in [2.05, 4.69) is 10.1 Å². The molecule has 1 aromatic carbocycles. The Morgan fingerprint density at radius 3 is 2.47 bits per heavy atom. The number of carbonyl (C=O) groups is 1. The van der Waals surface area contributed by atoms with Crippen LogP contribution in [-0.2, 0) is 11.2 Å². The van der Waals surface area contributed by atoms with Crippen LogP contribution in [0.1, 0.15) is 18.4 Å². The number of halogens is 2. The molecule has 1 aliphatic rings. The summed E-state index contributed by atoms with van der Waals surface area (Å²) in [6.45, 7) is -1.04. The number of rotatable bonds is 5. The lowest BCUT2D eigenvalue weighted by molar-refractivity contribution is -0.122. The fourth-order valence-corrected chi connectivity index (χ4v) is 2.28. The van der Waals surface area contributed by atoms with Gasteiger partial charge in [-0.05, 0) is 43.6 Å². The van der Waals surface area contributed by atoms with Crippen molar-refractivity contribution in [3.05, 3.63) is 29.8 Å². The van der Waals surface area contributed by atoms with Crippen LogP contribution in [-0.4, -0.2) is 25.5 Å². The minimum atomic E-state index is -2.82. The summed E-state index contributed by atoms with van der Waals surface area (Å²) in [5.41, 5.74) is 0.838. The molecule has 5 heteroatoms. The molecule has 0 bridgehead atoms. The van der Waals surface area contributed by atoms with Gasteiger partial charge in [0.15, 0.2) is 0 Å². The molecule has 1 aliphatic heterocycles. The van der Waals surface area contributed by atoms with Crippen molar-refractivity contribution in [3.8, 4) is 5.75 Å². The summed E-state index contributed by atoms with van der Waals surface area (Å²) in [4.78, 5) is 12.1. The highest BCUT2D eigenvalue weighted by molar-refractivity contribution is 5.83. The van der Waals surface area contributed by atoms with Gasteiger partial charge in [-0.25, -0.2) is 0 Å². The monoisotopic (exact) mass is 269 g/mol. The van der Waals surface area contributed by atoms with Crippen molar-refractivity contribution in [2.75, 3.05) is 13.1 Å². The van der Waals surface area contributed by atoms with Crippen LogP contribution < -0.4 is 10.1 Å². The smallest absolute Gasteiger partial charge is 0.387 e. The SMILES string of the molecule is O=C(Cc1ccc(OC(F)F)cc1)C1CCNCC1. The second-order valence-electron chi connectivity index (χ2n) is 4.69. The molecule has 1 aromatic rings. The summed E-state index contributed by atoms with van der Waals surface area (Å²) in [6.07, 6.45) is 2.12. The van der Waals surface area contributed by atoms with Crippen molar-refractivity contribution >= 4 is 5.78 Å². The average Bonchev–Trinajstić information content (AvgIpc) is 2.41. The van der Waals surface area contributed by atoms with Crippen LogP contribution in [0.15, 0.2) is 24.3 Å². The topological polar surface area (TPSA) is 38.3 Å². The van der Waals surface area contributed by atoms with Crippen LogP contribution in [0.4, 0.5) is 8.78 Å². The number of carbonyl (C=O) groups excluding carboxylic acids is 1. The van der Waals surface area contributed by atoms with Crippen LogP contribution in [0.3, 0.4) is 0 Å². The highest BCUT2D eigenvalue weighted by atomic mass is 19.3. The maximum atomic E-state index is 12.1. The lowest BCUT2D eigenvalue weighted by Crippen LogP contribution is -2.32. The Morgan fingerprint density at radius 2 is 1.89 bits per heavy atom. The molecule has 0 unspecified atom stereocenters. The molecular weight excluding hydrogens is 252 g/mol. The third-order valence-corrected chi connectivity index (χ3v) is 3.32. The summed E-state index contributed by atoms with van der Waals surface area (Å²) in [5.74, 6) is 0.468. The van der Waals surface area contributed by atoms with E-state index >= 15 is 0 Å². The molecule has 19 heavy (non-hydrogen) atoms. The van der Waals surface area contributed by atoms with Crippen molar-refractivity contribution in [2.45, 2.75) is 25.9 Å². The van der Waals surface area contributed by atoms with Crippen LogP contribution in [0, 0.1) is 5.92 Å². The van der Waals surface area contributed by atoms with Crippen molar-refractivity contribution < 1.29 is 18.3 Å². The first kappa shape index (κ1) is 13.9. The number of hydrogen-bond donors (Lipinski definition) is 1. The van der Waals surface area contributed by atoms with Gasteiger partial charge in [-0.15, -0.1) is 0 Å². The zero-order valence-electron chi connectivity index (χ0n) is 10.6. The number of piperidine rings is 1. The first-order valence-electron chi connectivity index (χ1n) is 6.42. The molecule has 1 saturated heterocycles. The van der Waals surface area contributed by atoms with Gasteiger partial charge in [0.05, 0.1) is 0 Å². The molecule has 104 valence electrons. The molecule has 0 saturated carbocycles. The average molecular weight is 269 g/mol. The zero-order valence-corrected chi connectivity index (χ0v) is 10.6. The molecule has 1 heterocycles. The van der Waals surface area contributed by atoms with Crippen molar-refractivity contribution in [1.82, 2.24) is 5.32 Å². The van der Waals surface area contributed by atoms with Crippen molar-refractivity contribution in [3.63, 3.8) is 0 Å². The lowest BCUT2D eigenvalue weighted by atomic mass is 9.90. The number of ketones is 1. The first-order chi connectivity index (χ1) is 9.15. The number of ether oxygens (including phenoxy) is 1. The van der Waals surface area contributed by atoms with Gasteiger partial charge < -0.3 is 10.1 Å². The van der Waals surface area contributed by atoms with Gasteiger partial charge in [-0.2, -0.15) is 8.78 Å². The molecule has 0 aromatic heterocycles. The third-order valence-electron chi connectivity index (χ3n) is 3.32. The van der Waals surface area contributed by atoms with Crippen LogP contribution >= 0.6 is 0 Å². The fourth-order valence-electron chi connectivity index (χ4n) is 2.28. The minimum absolute atomic E-state index is 0.119. The number of benzene rings is 1. The molecule has 0 radical (unpaired) electrons. The standard InChI is InChI=1S/C14H17F2NO2/c15-14(16)19-12-3-1-10(2-4-12)9-13(18)11-5-7-17-8-6-11/h1-4,11,14,17H,5-9H2. The molecule has 0 spiro atoms. The van der Waals surface area contributed by atoms with Crippen LogP contribution in [0.2, 0.25) is 0 Å². The predicted octanol–water partition coefficient (Wildman–Crippen LogP) is 2.40. The van der Waals surface area contributed by atoms with E-state index in [0.717, 1.165) is 31.5 Å². The lowest BCUT2D eigenvalue weighted by Gasteiger charge is -2.21. The molecule has 3 nitrogen and oxygen atoms in total. The largest absolute Gasteiger partial charge is 0.435 e. The highest BCUT2D eigenvalue weighted by Crippen LogP contribution is 2.18. The summed E-state index contributed by atoms with van der Waals surface area (Å²) < 4.78 is 28.2. The van der Waals surface area contributed by atoms with E-state index < -0.39 is 6.61 Å². The Bertz CT molecular complexity index is 414. The molecule has 2 rings (SSSR count). The highest BCUT2D eigenvalue weighted by Gasteiger charge is 2.20. The molecular formula is C14H17F2NO2. The van der Waals surface area contributed by atoms with E-state index in [-0.39, 0.29) is 17.5 Å². The van der Waals surface area contributed by atoms with Gasteiger partial charge >= 0.3 is 6.61 Å². The molecule has 1 N–H and O–H groups in total. The quantitative estimate of drug-likeness (QED) is 0.892. The second-order valence-corrected chi connectivity index (χ2v) is 4.69. The number of alkyl halides is 2. The fraction of sp³-hybridized carbons (Fsp3) is 0.500. The third kappa shape index (κ3) is 4.28. The minimum Gasteiger partial charge on any atom is -0.435 e. The van der Waals surface area contributed by atoms with E-state index in [1.165, 1.54) is 12.1 Å². The van der Waals surface area contributed by atoms with Gasteiger partial charge in [-0.1, -0.05) is 12.1 Å². The van der Waals surface area contributed by atoms with Crippen molar-refractivity contribution in [1.29, 1.82) is 0 Å². The molecule has 0 amide bonds. The Balaban J connectivity index is 1.89. The molecule has 0 atom stereocenters. The maximum Gasteiger partial charge on any atom is 0.387 e. The summed E-state index contributed by atoms with van der Waals surface area (Å²) in [5, 5.41) is 3.22. The van der Waals surface area contributed by atoms with E-state index in [4.69, 9.17) is 0 Å². The Hall–Kier alpha value is -1.49.